The predicted molar refractivity (Wildman–Crippen MR) is 34.2 cm³/mol. The van der Waals surface area contributed by atoms with Crippen LogP contribution in [-0.4, -0.2) is 43.9 Å². The van der Waals surface area contributed by atoms with E-state index in [2.05, 4.69) is 17.3 Å². The molecule has 0 aromatic carbocycles. The molecule has 0 aromatic heterocycles. The minimum Gasteiger partial charge on any atom is -0.360 e. The lowest BCUT2D eigenvalue weighted by Crippen LogP contribution is -2.68. The van der Waals surface area contributed by atoms with Gasteiger partial charge in [-0.3, -0.25) is 10.2 Å². The zero-order valence-corrected chi connectivity index (χ0v) is 5.63. The molecule has 0 saturated carbocycles. The van der Waals surface area contributed by atoms with E-state index in [1.54, 1.807) is 0 Å². The second-order valence-electron chi connectivity index (χ2n) is 2.75. The molecule has 2 rings (SSSR count). The first kappa shape index (κ1) is 5.65. The summed E-state index contributed by atoms with van der Waals surface area (Å²) in [5.74, 6) is 0. The van der Waals surface area contributed by atoms with Crippen molar-refractivity contribution in [2.75, 3.05) is 26.7 Å². The van der Waals surface area contributed by atoms with Gasteiger partial charge < -0.3 is 4.74 Å². The summed E-state index contributed by atoms with van der Waals surface area (Å²) in [5, 5.41) is 3.21. The Balaban J connectivity index is 1.98. The van der Waals surface area contributed by atoms with Gasteiger partial charge in [0.25, 0.3) is 0 Å². The molecule has 2 aliphatic rings. The third kappa shape index (κ3) is 0.764. The highest BCUT2D eigenvalue weighted by Gasteiger charge is 2.36. The summed E-state index contributed by atoms with van der Waals surface area (Å²) in [4.78, 5) is 2.35. The number of likely N-dealkylation sites (N-methyl/N-ethyl adjacent to an activating group) is 1. The van der Waals surface area contributed by atoms with E-state index in [1.807, 2.05) is 0 Å². The third-order valence-electron chi connectivity index (χ3n) is 2.19. The van der Waals surface area contributed by atoms with Gasteiger partial charge in [0.05, 0.1) is 12.6 Å². The molecule has 2 aliphatic heterocycles. The number of fused-ring (bicyclic) bond motifs is 1. The maximum atomic E-state index is 5.39. The first-order chi connectivity index (χ1) is 4.38. The van der Waals surface area contributed by atoms with Gasteiger partial charge in [-0.2, -0.15) is 0 Å². The summed E-state index contributed by atoms with van der Waals surface area (Å²) in [6.07, 6.45) is 0.337. The van der Waals surface area contributed by atoms with Crippen LogP contribution in [0.5, 0.6) is 0 Å². The fourth-order valence-corrected chi connectivity index (χ4v) is 1.37. The first-order valence-electron chi connectivity index (χ1n) is 3.43. The van der Waals surface area contributed by atoms with Crippen LogP contribution < -0.4 is 5.32 Å². The summed E-state index contributed by atoms with van der Waals surface area (Å²) in [7, 11) is 2.15. The van der Waals surface area contributed by atoms with Crippen molar-refractivity contribution in [3.8, 4) is 0 Å². The van der Waals surface area contributed by atoms with Gasteiger partial charge in [0.1, 0.15) is 6.23 Å². The van der Waals surface area contributed by atoms with Crippen LogP contribution in [0.3, 0.4) is 0 Å². The maximum absolute atomic E-state index is 5.39. The largest absolute Gasteiger partial charge is 0.360 e. The quantitative estimate of drug-likeness (QED) is 0.464. The van der Waals surface area contributed by atoms with Crippen LogP contribution in [0, 0.1) is 0 Å². The number of nitrogens with zero attached hydrogens (tertiary/aromatic N) is 1. The van der Waals surface area contributed by atoms with Gasteiger partial charge >= 0.3 is 0 Å². The Morgan fingerprint density at radius 2 is 2.56 bits per heavy atom. The Hall–Kier alpha value is -0.120. The van der Waals surface area contributed by atoms with Gasteiger partial charge in [0.2, 0.25) is 0 Å². The van der Waals surface area contributed by atoms with Crippen molar-refractivity contribution in [2.24, 2.45) is 0 Å². The smallest absolute Gasteiger partial charge is 0.125 e. The molecule has 0 bridgehead atoms. The van der Waals surface area contributed by atoms with E-state index in [0.717, 1.165) is 19.7 Å². The van der Waals surface area contributed by atoms with Gasteiger partial charge in [-0.05, 0) is 7.05 Å². The van der Waals surface area contributed by atoms with Crippen LogP contribution in [0.4, 0.5) is 0 Å². The van der Waals surface area contributed by atoms with Crippen molar-refractivity contribution >= 4 is 0 Å². The second-order valence-corrected chi connectivity index (χ2v) is 2.75. The summed E-state index contributed by atoms with van der Waals surface area (Å²) in [5.41, 5.74) is 0. The lowest BCUT2D eigenvalue weighted by molar-refractivity contribution is -0.121. The van der Waals surface area contributed by atoms with Crippen LogP contribution in [0.15, 0.2) is 0 Å². The standard InChI is InChI=1S/C6H12N2O/c1-8-2-3-9-6-5(8)4-7-6/h5-7H,2-4H2,1H3. The lowest BCUT2D eigenvalue weighted by Gasteiger charge is -2.46. The van der Waals surface area contributed by atoms with E-state index in [0.29, 0.717) is 12.3 Å². The number of ether oxygens (including phenoxy) is 1. The van der Waals surface area contributed by atoms with Crippen LogP contribution in [0.2, 0.25) is 0 Å². The first-order valence-corrected chi connectivity index (χ1v) is 3.43. The Kier molecular flexibility index (Phi) is 1.22. The van der Waals surface area contributed by atoms with Gasteiger partial charge in [0.15, 0.2) is 0 Å². The number of hydrogen-bond donors (Lipinski definition) is 1. The normalized spacial score (nSPS) is 43.7. The Morgan fingerprint density at radius 3 is 3.00 bits per heavy atom. The van der Waals surface area contributed by atoms with E-state index in [4.69, 9.17) is 4.74 Å². The minimum absolute atomic E-state index is 0.337. The van der Waals surface area contributed by atoms with E-state index in [9.17, 15) is 0 Å². The van der Waals surface area contributed by atoms with Crippen molar-refractivity contribution in [2.45, 2.75) is 12.3 Å². The monoisotopic (exact) mass is 128 g/mol. The van der Waals surface area contributed by atoms with Crippen LogP contribution in [-0.2, 0) is 4.74 Å². The second kappa shape index (κ2) is 1.94. The fraction of sp³-hybridized carbons (Fsp3) is 1.00. The molecule has 0 aromatic rings. The summed E-state index contributed by atoms with van der Waals surface area (Å²) >= 11 is 0. The van der Waals surface area contributed by atoms with Crippen LogP contribution in [0.25, 0.3) is 0 Å². The van der Waals surface area contributed by atoms with Crippen molar-refractivity contribution in [3.05, 3.63) is 0 Å². The molecule has 52 valence electrons. The molecule has 9 heavy (non-hydrogen) atoms. The van der Waals surface area contributed by atoms with E-state index < -0.39 is 0 Å². The summed E-state index contributed by atoms with van der Waals surface area (Å²) in [6, 6.07) is 0.652. The van der Waals surface area contributed by atoms with E-state index in [-0.39, 0.29) is 0 Å². The van der Waals surface area contributed by atoms with E-state index >= 15 is 0 Å². The molecule has 2 atom stereocenters. The molecular formula is C6H12N2O. The molecule has 2 saturated heterocycles. The zero-order chi connectivity index (χ0) is 6.27. The molecule has 1 N–H and O–H groups in total. The van der Waals surface area contributed by atoms with Crippen molar-refractivity contribution in [1.29, 1.82) is 0 Å². The topological polar surface area (TPSA) is 24.5 Å². The number of hydrogen-bond acceptors (Lipinski definition) is 3. The maximum Gasteiger partial charge on any atom is 0.125 e. The van der Waals surface area contributed by atoms with Gasteiger partial charge in [0, 0.05) is 13.1 Å². The zero-order valence-electron chi connectivity index (χ0n) is 5.63. The average molecular weight is 128 g/mol. The average Bonchev–Trinajstić information content (AvgIpc) is 1.74. The fourth-order valence-electron chi connectivity index (χ4n) is 1.37. The predicted octanol–water partition coefficient (Wildman–Crippen LogP) is -0.754. The molecule has 0 aliphatic carbocycles. The van der Waals surface area contributed by atoms with Gasteiger partial charge in [-0.1, -0.05) is 0 Å². The summed E-state index contributed by atoms with van der Waals surface area (Å²) < 4.78 is 5.39. The molecule has 0 amide bonds. The van der Waals surface area contributed by atoms with Crippen molar-refractivity contribution in [1.82, 2.24) is 10.2 Å². The minimum atomic E-state index is 0.337. The number of morpholine rings is 1. The van der Waals surface area contributed by atoms with Gasteiger partial charge in [-0.25, -0.2) is 0 Å². The molecule has 0 radical (unpaired) electrons. The molecule has 3 nitrogen and oxygen atoms in total. The van der Waals surface area contributed by atoms with Crippen molar-refractivity contribution in [3.63, 3.8) is 0 Å². The molecule has 2 heterocycles. The molecule has 0 spiro atoms. The highest BCUT2D eigenvalue weighted by atomic mass is 16.5. The summed E-state index contributed by atoms with van der Waals surface area (Å²) in [6.45, 7) is 3.06. The Bertz CT molecular complexity index is 112. The Morgan fingerprint density at radius 1 is 1.67 bits per heavy atom. The SMILES string of the molecule is CN1CCOC2NCC21. The lowest BCUT2D eigenvalue weighted by atomic mass is 10.1. The molecule has 2 unspecified atom stereocenters. The van der Waals surface area contributed by atoms with Crippen LogP contribution in [0.1, 0.15) is 0 Å². The highest BCUT2D eigenvalue weighted by Crippen LogP contribution is 2.15. The highest BCUT2D eigenvalue weighted by molar-refractivity contribution is 4.91. The molecule has 3 heteroatoms. The Labute approximate surface area is 55.0 Å². The molecule has 2 fully saturated rings. The molecular weight excluding hydrogens is 116 g/mol. The van der Waals surface area contributed by atoms with Crippen LogP contribution >= 0.6 is 0 Å². The van der Waals surface area contributed by atoms with Gasteiger partial charge in [-0.15, -0.1) is 0 Å². The number of rotatable bonds is 0. The van der Waals surface area contributed by atoms with E-state index in [1.165, 1.54) is 0 Å². The van der Waals surface area contributed by atoms with Crippen molar-refractivity contribution < 1.29 is 4.74 Å². The number of nitrogens with one attached hydrogen (secondary N) is 1. The third-order valence-corrected chi connectivity index (χ3v) is 2.19.